The number of carbonyl (C=O) groups excluding carboxylic acids is 1. The number of amides is 1. The zero-order valence-electron chi connectivity index (χ0n) is 16.5. The second-order valence-corrected chi connectivity index (χ2v) is 6.55. The van der Waals surface area contributed by atoms with Gasteiger partial charge >= 0.3 is 6.09 Å². The van der Waals surface area contributed by atoms with E-state index in [-0.39, 0.29) is 6.09 Å². The van der Waals surface area contributed by atoms with E-state index in [0.29, 0.717) is 26.2 Å². The molecular formula is C20H28N6O2. The van der Waals surface area contributed by atoms with Gasteiger partial charge in [-0.05, 0) is 24.1 Å². The summed E-state index contributed by atoms with van der Waals surface area (Å²) in [6, 6.07) is 10.3. The van der Waals surface area contributed by atoms with Crippen molar-refractivity contribution in [1.82, 2.24) is 24.9 Å². The van der Waals surface area contributed by atoms with Crippen molar-refractivity contribution in [2.75, 3.05) is 39.8 Å². The highest BCUT2D eigenvalue weighted by atomic mass is 16.6. The Hall–Kier alpha value is -3.03. The van der Waals surface area contributed by atoms with Crippen LogP contribution in [0.3, 0.4) is 0 Å². The average Bonchev–Trinajstić information content (AvgIpc) is 3.23. The molecule has 1 aromatic heterocycles. The molecule has 1 amide bonds. The average molecular weight is 384 g/mol. The molecule has 0 bridgehead atoms. The molecule has 2 aromatic rings. The Labute approximate surface area is 165 Å². The fourth-order valence-corrected chi connectivity index (χ4v) is 3.27. The van der Waals surface area contributed by atoms with E-state index in [1.165, 1.54) is 11.1 Å². The van der Waals surface area contributed by atoms with E-state index in [0.717, 1.165) is 25.6 Å². The zero-order valence-corrected chi connectivity index (χ0v) is 16.5. The minimum absolute atomic E-state index is 0.238. The SMILES string of the molecule is CCOC(=O)N1CCN(C(=NC)NCc2ccccc2Cn2cccn2)CC1. The van der Waals surface area contributed by atoms with Crippen LogP contribution in [0.25, 0.3) is 0 Å². The minimum atomic E-state index is -0.238. The molecule has 1 aliphatic heterocycles. The smallest absolute Gasteiger partial charge is 0.409 e. The number of nitrogens with one attached hydrogen (secondary N) is 1. The molecule has 8 nitrogen and oxygen atoms in total. The summed E-state index contributed by atoms with van der Waals surface area (Å²) in [5.41, 5.74) is 2.44. The number of hydrogen-bond donors (Lipinski definition) is 1. The molecule has 1 N–H and O–H groups in total. The molecule has 150 valence electrons. The first kappa shape index (κ1) is 19.7. The van der Waals surface area contributed by atoms with Gasteiger partial charge in [-0.25, -0.2) is 4.79 Å². The standard InChI is InChI=1S/C20H28N6O2/c1-3-28-20(27)25-13-11-24(12-14-25)19(21-2)22-15-17-7-4-5-8-18(17)16-26-10-6-9-23-26/h4-10H,3,11-16H2,1-2H3,(H,21,22). The van der Waals surface area contributed by atoms with Gasteiger partial charge in [-0.3, -0.25) is 9.67 Å². The molecule has 3 rings (SSSR count). The van der Waals surface area contributed by atoms with Crippen molar-refractivity contribution in [3.63, 3.8) is 0 Å². The van der Waals surface area contributed by atoms with Crippen LogP contribution in [0.1, 0.15) is 18.1 Å². The van der Waals surface area contributed by atoms with Gasteiger partial charge in [-0.15, -0.1) is 0 Å². The van der Waals surface area contributed by atoms with Crippen molar-refractivity contribution in [2.45, 2.75) is 20.0 Å². The number of aliphatic imine (C=N–C) groups is 1. The summed E-state index contributed by atoms with van der Waals surface area (Å²) in [4.78, 5) is 20.2. The van der Waals surface area contributed by atoms with Crippen LogP contribution >= 0.6 is 0 Å². The predicted octanol–water partition coefficient (Wildman–Crippen LogP) is 1.78. The van der Waals surface area contributed by atoms with Crippen LogP contribution in [0.2, 0.25) is 0 Å². The molecule has 8 heteroatoms. The largest absolute Gasteiger partial charge is 0.450 e. The number of aromatic nitrogens is 2. The predicted molar refractivity (Wildman–Crippen MR) is 108 cm³/mol. The lowest BCUT2D eigenvalue weighted by molar-refractivity contribution is 0.0914. The lowest BCUT2D eigenvalue weighted by atomic mass is 10.1. The summed E-state index contributed by atoms with van der Waals surface area (Å²) < 4.78 is 7.00. The van der Waals surface area contributed by atoms with Crippen molar-refractivity contribution >= 4 is 12.1 Å². The third kappa shape index (κ3) is 5.03. The Kier molecular flexibility index (Phi) is 6.89. The molecule has 1 saturated heterocycles. The number of carbonyl (C=O) groups is 1. The summed E-state index contributed by atoms with van der Waals surface area (Å²) in [6.45, 7) is 6.37. The van der Waals surface area contributed by atoms with E-state index >= 15 is 0 Å². The third-order valence-electron chi connectivity index (χ3n) is 4.76. The van der Waals surface area contributed by atoms with E-state index < -0.39 is 0 Å². The maximum absolute atomic E-state index is 11.9. The van der Waals surface area contributed by atoms with Gasteiger partial charge in [0.1, 0.15) is 0 Å². The Bertz CT molecular complexity index is 782. The van der Waals surface area contributed by atoms with Gasteiger partial charge in [0.15, 0.2) is 5.96 Å². The number of benzene rings is 1. The van der Waals surface area contributed by atoms with Crippen molar-refractivity contribution in [3.05, 3.63) is 53.9 Å². The second-order valence-electron chi connectivity index (χ2n) is 6.55. The molecule has 0 unspecified atom stereocenters. The monoisotopic (exact) mass is 384 g/mol. The molecule has 0 spiro atoms. The van der Waals surface area contributed by atoms with Gasteiger partial charge < -0.3 is 19.9 Å². The molecule has 1 aliphatic rings. The Morgan fingerprint density at radius 3 is 2.50 bits per heavy atom. The highest BCUT2D eigenvalue weighted by Crippen LogP contribution is 2.11. The summed E-state index contributed by atoms with van der Waals surface area (Å²) >= 11 is 0. The maximum Gasteiger partial charge on any atom is 0.409 e. The van der Waals surface area contributed by atoms with Gasteiger partial charge in [0.25, 0.3) is 0 Å². The van der Waals surface area contributed by atoms with E-state index in [4.69, 9.17) is 4.74 Å². The number of rotatable bonds is 5. The van der Waals surface area contributed by atoms with Gasteiger partial charge in [0, 0.05) is 52.2 Å². The highest BCUT2D eigenvalue weighted by molar-refractivity contribution is 5.80. The molecule has 2 heterocycles. The summed E-state index contributed by atoms with van der Waals surface area (Å²) in [7, 11) is 1.79. The van der Waals surface area contributed by atoms with Crippen molar-refractivity contribution < 1.29 is 9.53 Å². The maximum atomic E-state index is 11.9. The van der Waals surface area contributed by atoms with Gasteiger partial charge in [-0.2, -0.15) is 5.10 Å². The topological polar surface area (TPSA) is 75.0 Å². The molecule has 28 heavy (non-hydrogen) atoms. The number of ether oxygens (including phenoxy) is 1. The molecule has 0 atom stereocenters. The van der Waals surface area contributed by atoms with Crippen LogP contribution in [0.15, 0.2) is 47.7 Å². The second kappa shape index (κ2) is 9.77. The van der Waals surface area contributed by atoms with Crippen LogP contribution in [-0.4, -0.2) is 71.5 Å². The summed E-state index contributed by atoms with van der Waals surface area (Å²) in [5, 5.41) is 7.75. The number of guanidine groups is 1. The first-order valence-corrected chi connectivity index (χ1v) is 9.62. The van der Waals surface area contributed by atoms with Gasteiger partial charge in [0.05, 0.1) is 13.2 Å². The van der Waals surface area contributed by atoms with Gasteiger partial charge in [-0.1, -0.05) is 24.3 Å². The van der Waals surface area contributed by atoms with Crippen LogP contribution in [-0.2, 0) is 17.8 Å². The van der Waals surface area contributed by atoms with E-state index in [2.05, 4.69) is 32.4 Å². The van der Waals surface area contributed by atoms with Crippen molar-refractivity contribution in [3.8, 4) is 0 Å². The van der Waals surface area contributed by atoms with Crippen LogP contribution < -0.4 is 5.32 Å². The molecule has 0 saturated carbocycles. The molecule has 1 fully saturated rings. The van der Waals surface area contributed by atoms with Crippen LogP contribution in [0.5, 0.6) is 0 Å². The minimum Gasteiger partial charge on any atom is -0.450 e. The van der Waals surface area contributed by atoms with Gasteiger partial charge in [0.2, 0.25) is 0 Å². The lowest BCUT2D eigenvalue weighted by Gasteiger charge is -2.35. The molecule has 0 aliphatic carbocycles. The molecule has 1 aromatic carbocycles. The van der Waals surface area contributed by atoms with Crippen LogP contribution in [0.4, 0.5) is 4.79 Å². The fraction of sp³-hybridized carbons (Fsp3) is 0.450. The van der Waals surface area contributed by atoms with E-state index in [1.807, 2.05) is 36.0 Å². The Morgan fingerprint density at radius 1 is 1.14 bits per heavy atom. The van der Waals surface area contributed by atoms with Crippen molar-refractivity contribution in [1.29, 1.82) is 0 Å². The van der Waals surface area contributed by atoms with Crippen LogP contribution in [0, 0.1) is 0 Å². The van der Waals surface area contributed by atoms with Crippen molar-refractivity contribution in [2.24, 2.45) is 4.99 Å². The Balaban J connectivity index is 1.56. The van der Waals surface area contributed by atoms with E-state index in [9.17, 15) is 4.79 Å². The highest BCUT2D eigenvalue weighted by Gasteiger charge is 2.23. The summed E-state index contributed by atoms with van der Waals surface area (Å²) in [5.74, 6) is 0.845. The normalized spacial score (nSPS) is 14.9. The molecule has 0 radical (unpaired) electrons. The lowest BCUT2D eigenvalue weighted by Crippen LogP contribution is -2.53. The first-order chi connectivity index (χ1) is 13.7. The zero-order chi connectivity index (χ0) is 19.8. The number of hydrogen-bond acceptors (Lipinski definition) is 4. The quantitative estimate of drug-likeness (QED) is 0.628. The molecular weight excluding hydrogens is 356 g/mol. The number of nitrogens with zero attached hydrogens (tertiary/aromatic N) is 5. The summed E-state index contributed by atoms with van der Waals surface area (Å²) in [6.07, 6.45) is 3.52. The van der Waals surface area contributed by atoms with E-state index in [1.54, 1.807) is 18.1 Å². The Morgan fingerprint density at radius 2 is 1.86 bits per heavy atom. The fourth-order valence-electron chi connectivity index (χ4n) is 3.27. The first-order valence-electron chi connectivity index (χ1n) is 9.62. The third-order valence-corrected chi connectivity index (χ3v) is 4.76. The number of piperazine rings is 1.